The summed E-state index contributed by atoms with van der Waals surface area (Å²) >= 11 is 0. The Morgan fingerprint density at radius 1 is 1.15 bits per heavy atom. The van der Waals surface area contributed by atoms with E-state index in [1.54, 1.807) is 12.1 Å². The number of benzene rings is 2. The van der Waals surface area contributed by atoms with E-state index in [1.165, 1.54) is 0 Å². The van der Waals surface area contributed by atoms with E-state index in [9.17, 15) is 9.90 Å². The number of ether oxygens (including phenoxy) is 1. The first-order chi connectivity index (χ1) is 11.9. The van der Waals surface area contributed by atoms with Crippen LogP contribution in [0.5, 0.6) is 5.75 Å². The van der Waals surface area contributed by atoms with Gasteiger partial charge in [-0.05, 0) is 31.0 Å². The monoisotopic (exact) mass is 377 g/mol. The van der Waals surface area contributed by atoms with Crippen LogP contribution < -0.4 is 10.1 Å². The number of halogens is 1. The molecule has 0 radical (unpaired) electrons. The van der Waals surface area contributed by atoms with Crippen molar-refractivity contribution in [1.29, 1.82) is 0 Å². The lowest BCUT2D eigenvalue weighted by Crippen LogP contribution is -2.35. The summed E-state index contributed by atoms with van der Waals surface area (Å²) in [7, 11) is 0. The molecular formula is C21H28ClNO3. The van der Waals surface area contributed by atoms with Crippen molar-refractivity contribution in [1.82, 2.24) is 5.32 Å². The van der Waals surface area contributed by atoms with Crippen molar-refractivity contribution < 1.29 is 14.6 Å². The Morgan fingerprint density at radius 3 is 2.42 bits per heavy atom. The van der Waals surface area contributed by atoms with E-state index in [0.29, 0.717) is 29.5 Å². The molecule has 0 amide bonds. The molecule has 0 saturated heterocycles. The average molecular weight is 378 g/mol. The minimum absolute atomic E-state index is 0. The molecule has 0 aliphatic rings. The van der Waals surface area contributed by atoms with E-state index >= 15 is 0 Å². The Kier molecular flexibility index (Phi) is 8.79. The summed E-state index contributed by atoms with van der Waals surface area (Å²) in [6.07, 6.45) is -0.636. The van der Waals surface area contributed by atoms with Crippen LogP contribution in [-0.4, -0.2) is 36.2 Å². The molecule has 5 heteroatoms. The van der Waals surface area contributed by atoms with Crippen molar-refractivity contribution in [3.05, 3.63) is 64.7 Å². The molecule has 1 unspecified atom stereocenters. The van der Waals surface area contributed by atoms with Crippen molar-refractivity contribution >= 4 is 18.2 Å². The number of aryl methyl sites for hydroxylation is 2. The van der Waals surface area contributed by atoms with Gasteiger partial charge in [-0.1, -0.05) is 50.2 Å². The first-order valence-electron chi connectivity index (χ1n) is 8.63. The zero-order valence-electron chi connectivity index (χ0n) is 15.8. The summed E-state index contributed by atoms with van der Waals surface area (Å²) in [6.45, 7) is 8.50. The molecule has 0 aliphatic heterocycles. The lowest BCUT2D eigenvalue weighted by molar-refractivity contribution is 0.0981. The highest BCUT2D eigenvalue weighted by molar-refractivity contribution is 6.11. The molecule has 26 heavy (non-hydrogen) atoms. The maximum absolute atomic E-state index is 12.9. The summed E-state index contributed by atoms with van der Waals surface area (Å²) in [5, 5.41) is 13.2. The molecule has 2 aromatic carbocycles. The molecule has 0 spiro atoms. The molecule has 0 aliphatic carbocycles. The summed E-state index contributed by atoms with van der Waals surface area (Å²) in [4.78, 5) is 12.9. The number of aliphatic hydroxyl groups excluding tert-OH is 1. The number of carbonyl (C=O) groups excluding carboxylic acids is 1. The van der Waals surface area contributed by atoms with Gasteiger partial charge in [-0.25, -0.2) is 0 Å². The van der Waals surface area contributed by atoms with Crippen LogP contribution in [0.25, 0.3) is 0 Å². The standard InChI is InChI=1S/C21H27NO3.ClH/c1-14(2)22-12-18(23)13-25-19-11-15(3)10-16(4)20(19)21(24)17-8-6-5-7-9-17;/h5-11,14,18,22-23H,12-13H2,1-4H3;1H. The fraction of sp³-hybridized carbons (Fsp3) is 0.381. The zero-order valence-corrected chi connectivity index (χ0v) is 16.6. The number of nitrogens with one attached hydrogen (secondary N) is 1. The summed E-state index contributed by atoms with van der Waals surface area (Å²) < 4.78 is 5.82. The van der Waals surface area contributed by atoms with Crippen molar-refractivity contribution in [3.63, 3.8) is 0 Å². The van der Waals surface area contributed by atoms with Gasteiger partial charge in [0.2, 0.25) is 0 Å². The van der Waals surface area contributed by atoms with Gasteiger partial charge in [0, 0.05) is 18.2 Å². The van der Waals surface area contributed by atoms with Gasteiger partial charge in [0.1, 0.15) is 18.5 Å². The van der Waals surface area contributed by atoms with Crippen LogP contribution in [0.2, 0.25) is 0 Å². The number of hydrogen-bond acceptors (Lipinski definition) is 4. The van der Waals surface area contributed by atoms with Crippen LogP contribution >= 0.6 is 12.4 Å². The number of rotatable bonds is 8. The SMILES string of the molecule is Cc1cc(C)c(C(=O)c2ccccc2)c(OCC(O)CNC(C)C)c1.Cl. The molecule has 1 atom stereocenters. The Hall–Kier alpha value is -1.88. The van der Waals surface area contributed by atoms with Crippen LogP contribution in [0, 0.1) is 13.8 Å². The second-order valence-corrected chi connectivity index (χ2v) is 6.68. The van der Waals surface area contributed by atoms with Gasteiger partial charge < -0.3 is 15.2 Å². The molecule has 2 aromatic rings. The number of aliphatic hydroxyl groups is 1. The van der Waals surface area contributed by atoms with Gasteiger partial charge in [-0.2, -0.15) is 0 Å². The minimum atomic E-state index is -0.636. The largest absolute Gasteiger partial charge is 0.490 e. The zero-order chi connectivity index (χ0) is 18.4. The first kappa shape index (κ1) is 22.2. The van der Waals surface area contributed by atoms with Crippen LogP contribution in [-0.2, 0) is 0 Å². The topological polar surface area (TPSA) is 58.6 Å². The molecule has 0 bridgehead atoms. The number of ketones is 1. The molecular weight excluding hydrogens is 350 g/mol. The van der Waals surface area contributed by atoms with Gasteiger partial charge in [0.25, 0.3) is 0 Å². The molecule has 0 fully saturated rings. The molecule has 4 nitrogen and oxygen atoms in total. The lowest BCUT2D eigenvalue weighted by Gasteiger charge is -2.18. The van der Waals surface area contributed by atoms with E-state index < -0.39 is 6.10 Å². The van der Waals surface area contributed by atoms with Gasteiger partial charge >= 0.3 is 0 Å². The van der Waals surface area contributed by atoms with Crippen molar-refractivity contribution in [3.8, 4) is 5.75 Å². The minimum Gasteiger partial charge on any atom is -0.490 e. The van der Waals surface area contributed by atoms with Gasteiger partial charge in [-0.3, -0.25) is 4.79 Å². The Labute approximate surface area is 162 Å². The maximum Gasteiger partial charge on any atom is 0.197 e. The van der Waals surface area contributed by atoms with Crippen LogP contribution in [0.3, 0.4) is 0 Å². The molecule has 0 heterocycles. The fourth-order valence-corrected chi connectivity index (χ4v) is 2.68. The molecule has 0 aromatic heterocycles. The average Bonchev–Trinajstić information content (AvgIpc) is 2.58. The predicted octanol–water partition coefficient (Wildman–Crippen LogP) is 3.69. The summed E-state index contributed by atoms with van der Waals surface area (Å²) in [5.41, 5.74) is 3.08. The quantitative estimate of drug-likeness (QED) is 0.689. The molecule has 2 rings (SSSR count). The normalized spacial score (nSPS) is 11.8. The smallest absolute Gasteiger partial charge is 0.197 e. The van der Waals surface area contributed by atoms with E-state index in [1.807, 2.05) is 58.0 Å². The van der Waals surface area contributed by atoms with Crippen LogP contribution in [0.1, 0.15) is 40.9 Å². The van der Waals surface area contributed by atoms with Crippen molar-refractivity contribution in [2.75, 3.05) is 13.2 Å². The van der Waals surface area contributed by atoms with Gasteiger partial charge in [0.05, 0.1) is 5.56 Å². The number of hydrogen-bond donors (Lipinski definition) is 2. The predicted molar refractivity (Wildman–Crippen MR) is 108 cm³/mol. The second-order valence-electron chi connectivity index (χ2n) is 6.68. The highest BCUT2D eigenvalue weighted by atomic mass is 35.5. The maximum atomic E-state index is 12.9. The molecule has 2 N–H and O–H groups in total. The van der Waals surface area contributed by atoms with Crippen LogP contribution in [0.15, 0.2) is 42.5 Å². The van der Waals surface area contributed by atoms with E-state index in [4.69, 9.17) is 4.74 Å². The van der Waals surface area contributed by atoms with Crippen LogP contribution in [0.4, 0.5) is 0 Å². The van der Waals surface area contributed by atoms with Crippen molar-refractivity contribution in [2.45, 2.75) is 39.8 Å². The fourth-order valence-electron chi connectivity index (χ4n) is 2.68. The third-order valence-corrected chi connectivity index (χ3v) is 3.90. The Morgan fingerprint density at radius 2 is 1.81 bits per heavy atom. The first-order valence-corrected chi connectivity index (χ1v) is 8.63. The van der Waals surface area contributed by atoms with E-state index in [2.05, 4.69) is 5.32 Å². The Bertz CT molecular complexity index is 717. The third kappa shape index (κ3) is 6.13. The lowest BCUT2D eigenvalue weighted by atomic mass is 9.96. The second kappa shape index (κ2) is 10.3. The highest BCUT2D eigenvalue weighted by Crippen LogP contribution is 2.27. The third-order valence-electron chi connectivity index (χ3n) is 3.90. The summed E-state index contributed by atoms with van der Waals surface area (Å²) in [6, 6.07) is 13.3. The Balaban J connectivity index is 0.00000338. The molecule has 0 saturated carbocycles. The van der Waals surface area contributed by atoms with Gasteiger partial charge in [0.15, 0.2) is 5.78 Å². The van der Waals surface area contributed by atoms with E-state index in [-0.39, 0.29) is 24.8 Å². The van der Waals surface area contributed by atoms with E-state index in [0.717, 1.165) is 11.1 Å². The van der Waals surface area contributed by atoms with Gasteiger partial charge in [-0.15, -0.1) is 12.4 Å². The van der Waals surface area contributed by atoms with Crippen molar-refractivity contribution in [2.24, 2.45) is 0 Å². The molecule has 142 valence electrons. The number of carbonyl (C=O) groups is 1. The highest BCUT2D eigenvalue weighted by Gasteiger charge is 2.19. The summed E-state index contributed by atoms with van der Waals surface area (Å²) in [5.74, 6) is 0.456.